The summed E-state index contributed by atoms with van der Waals surface area (Å²) < 4.78 is 7.20. The Balaban J connectivity index is 1.50. The zero-order chi connectivity index (χ0) is 17.4. The van der Waals surface area contributed by atoms with Crippen LogP contribution < -0.4 is 0 Å². The van der Waals surface area contributed by atoms with Gasteiger partial charge in [-0.1, -0.05) is 31.3 Å². The third-order valence-corrected chi connectivity index (χ3v) is 5.49. The van der Waals surface area contributed by atoms with Crippen LogP contribution in [0.3, 0.4) is 0 Å². The lowest BCUT2D eigenvalue weighted by Crippen LogP contribution is -2.28. The number of nitrogens with zero attached hydrogens (tertiary/aromatic N) is 5. The van der Waals surface area contributed by atoms with E-state index in [0.29, 0.717) is 37.1 Å². The second-order valence-electron chi connectivity index (χ2n) is 7.22. The van der Waals surface area contributed by atoms with E-state index in [1.165, 1.54) is 32.1 Å². The van der Waals surface area contributed by atoms with E-state index < -0.39 is 0 Å². The Kier molecular flexibility index (Phi) is 4.31. The number of carbonyl (C=O) groups is 1. The van der Waals surface area contributed by atoms with E-state index in [4.69, 9.17) is 4.52 Å². The standard InChI is InChI=1S/C18H25N5O2/c1-3-15-19-18(25-21-15)17-13-10-23(11-14(13)22(2)20-17)16(24)9-12-7-5-4-6-8-12/h12H,3-11H2,1-2H3. The topological polar surface area (TPSA) is 77.0 Å². The van der Waals surface area contributed by atoms with Crippen molar-refractivity contribution in [1.29, 1.82) is 0 Å². The third-order valence-electron chi connectivity index (χ3n) is 5.49. The molecule has 7 nitrogen and oxygen atoms in total. The van der Waals surface area contributed by atoms with Crippen molar-refractivity contribution in [3.63, 3.8) is 0 Å². The molecule has 1 saturated carbocycles. The number of aryl methyl sites for hydroxylation is 2. The molecular weight excluding hydrogens is 318 g/mol. The smallest absolute Gasteiger partial charge is 0.278 e. The molecule has 1 fully saturated rings. The zero-order valence-corrected chi connectivity index (χ0v) is 15.0. The van der Waals surface area contributed by atoms with Crippen molar-refractivity contribution < 1.29 is 9.32 Å². The molecule has 0 atom stereocenters. The van der Waals surface area contributed by atoms with Gasteiger partial charge in [-0.3, -0.25) is 9.48 Å². The van der Waals surface area contributed by atoms with Crippen molar-refractivity contribution >= 4 is 5.91 Å². The molecule has 2 aromatic heterocycles. The summed E-state index contributed by atoms with van der Waals surface area (Å²) in [5.41, 5.74) is 2.84. The van der Waals surface area contributed by atoms with Gasteiger partial charge < -0.3 is 9.42 Å². The van der Waals surface area contributed by atoms with Gasteiger partial charge >= 0.3 is 0 Å². The third kappa shape index (κ3) is 3.07. The average Bonchev–Trinajstić information content (AvgIpc) is 3.32. The SMILES string of the molecule is CCc1noc(-c2nn(C)c3c2CN(C(=O)CC2CCCCC2)C3)n1. The van der Waals surface area contributed by atoms with Gasteiger partial charge in [-0.2, -0.15) is 10.1 Å². The highest BCUT2D eigenvalue weighted by Gasteiger charge is 2.32. The van der Waals surface area contributed by atoms with E-state index in [9.17, 15) is 4.79 Å². The summed E-state index contributed by atoms with van der Waals surface area (Å²) in [7, 11) is 1.91. The maximum atomic E-state index is 12.7. The Hall–Kier alpha value is -2.18. The molecule has 3 heterocycles. The van der Waals surface area contributed by atoms with Crippen LogP contribution in [0.5, 0.6) is 0 Å². The van der Waals surface area contributed by atoms with Gasteiger partial charge in [0.2, 0.25) is 5.91 Å². The first-order valence-electron chi connectivity index (χ1n) is 9.31. The molecule has 1 aliphatic heterocycles. The van der Waals surface area contributed by atoms with Crippen molar-refractivity contribution in [2.24, 2.45) is 13.0 Å². The zero-order valence-electron chi connectivity index (χ0n) is 15.0. The molecule has 0 bridgehead atoms. The van der Waals surface area contributed by atoms with Gasteiger partial charge in [-0.25, -0.2) is 0 Å². The van der Waals surface area contributed by atoms with Crippen molar-refractivity contribution in [3.05, 3.63) is 17.1 Å². The van der Waals surface area contributed by atoms with Gasteiger partial charge in [0, 0.05) is 25.5 Å². The van der Waals surface area contributed by atoms with Crippen LogP contribution >= 0.6 is 0 Å². The Morgan fingerprint density at radius 2 is 2.04 bits per heavy atom. The number of hydrogen-bond acceptors (Lipinski definition) is 5. The Labute approximate surface area is 147 Å². The first-order chi connectivity index (χ1) is 12.2. The molecule has 25 heavy (non-hydrogen) atoms. The molecule has 0 saturated heterocycles. The monoisotopic (exact) mass is 343 g/mol. The van der Waals surface area contributed by atoms with E-state index >= 15 is 0 Å². The molecule has 1 amide bonds. The van der Waals surface area contributed by atoms with Gasteiger partial charge in [-0.15, -0.1) is 0 Å². The highest BCUT2D eigenvalue weighted by atomic mass is 16.5. The van der Waals surface area contributed by atoms with Gasteiger partial charge in [0.15, 0.2) is 11.5 Å². The van der Waals surface area contributed by atoms with E-state index in [1.54, 1.807) is 0 Å². The summed E-state index contributed by atoms with van der Waals surface area (Å²) in [4.78, 5) is 19.1. The van der Waals surface area contributed by atoms with Gasteiger partial charge in [0.1, 0.15) is 0 Å². The van der Waals surface area contributed by atoms with E-state index in [0.717, 1.165) is 23.4 Å². The number of amides is 1. The first-order valence-corrected chi connectivity index (χ1v) is 9.31. The number of rotatable bonds is 4. The summed E-state index contributed by atoms with van der Waals surface area (Å²) in [5.74, 6) is 1.95. The Morgan fingerprint density at radius 1 is 1.24 bits per heavy atom. The van der Waals surface area contributed by atoms with Gasteiger partial charge in [0.25, 0.3) is 5.89 Å². The van der Waals surface area contributed by atoms with E-state index in [1.807, 2.05) is 23.6 Å². The van der Waals surface area contributed by atoms with Crippen LogP contribution in [0.2, 0.25) is 0 Å². The van der Waals surface area contributed by atoms with Crippen LogP contribution in [0.4, 0.5) is 0 Å². The van der Waals surface area contributed by atoms with Crippen LogP contribution in [-0.2, 0) is 31.4 Å². The van der Waals surface area contributed by atoms with Crippen LogP contribution in [0.15, 0.2) is 4.52 Å². The lowest BCUT2D eigenvalue weighted by Gasteiger charge is -2.24. The van der Waals surface area contributed by atoms with Gasteiger partial charge in [0.05, 0.1) is 18.8 Å². The molecular formula is C18H25N5O2. The van der Waals surface area contributed by atoms with Crippen LogP contribution in [0.25, 0.3) is 11.6 Å². The average molecular weight is 343 g/mol. The van der Waals surface area contributed by atoms with Crippen LogP contribution in [0, 0.1) is 5.92 Å². The molecule has 0 N–H and O–H groups in total. The molecule has 0 spiro atoms. The van der Waals surface area contributed by atoms with Crippen molar-refractivity contribution in [1.82, 2.24) is 24.8 Å². The summed E-state index contributed by atoms with van der Waals surface area (Å²) in [5, 5.41) is 8.50. The minimum atomic E-state index is 0.258. The largest absolute Gasteiger partial charge is 0.332 e. The molecule has 0 radical (unpaired) electrons. The molecule has 1 aliphatic carbocycles. The highest BCUT2D eigenvalue weighted by molar-refractivity contribution is 5.77. The van der Waals surface area contributed by atoms with Crippen LogP contribution in [0.1, 0.15) is 62.5 Å². The molecule has 2 aliphatic rings. The summed E-state index contributed by atoms with van der Waals surface area (Å²) in [6.07, 6.45) is 7.65. The van der Waals surface area contributed by atoms with Crippen LogP contribution in [-0.4, -0.2) is 30.7 Å². The number of aromatic nitrogens is 4. The highest BCUT2D eigenvalue weighted by Crippen LogP contribution is 2.33. The fourth-order valence-corrected chi connectivity index (χ4v) is 4.00. The van der Waals surface area contributed by atoms with Gasteiger partial charge in [-0.05, 0) is 18.8 Å². The Bertz CT molecular complexity index is 773. The van der Waals surface area contributed by atoms with Crippen molar-refractivity contribution in [2.75, 3.05) is 0 Å². The molecule has 2 aromatic rings. The van der Waals surface area contributed by atoms with E-state index in [-0.39, 0.29) is 5.91 Å². The maximum absolute atomic E-state index is 12.7. The molecule has 0 unspecified atom stereocenters. The minimum absolute atomic E-state index is 0.258. The first kappa shape index (κ1) is 16.3. The predicted molar refractivity (Wildman–Crippen MR) is 91.3 cm³/mol. The molecule has 134 valence electrons. The lowest BCUT2D eigenvalue weighted by atomic mass is 9.87. The number of hydrogen-bond donors (Lipinski definition) is 0. The quantitative estimate of drug-likeness (QED) is 0.853. The number of carbonyl (C=O) groups excluding carboxylic acids is 1. The summed E-state index contributed by atoms with van der Waals surface area (Å²) in [6, 6.07) is 0. The molecule has 7 heteroatoms. The van der Waals surface area contributed by atoms with Crippen molar-refractivity contribution in [2.45, 2.75) is 65.0 Å². The number of fused-ring (bicyclic) bond motifs is 1. The van der Waals surface area contributed by atoms with E-state index in [2.05, 4.69) is 15.2 Å². The molecule has 0 aromatic carbocycles. The fraction of sp³-hybridized carbons (Fsp3) is 0.667. The minimum Gasteiger partial charge on any atom is -0.332 e. The maximum Gasteiger partial charge on any atom is 0.278 e. The second-order valence-corrected chi connectivity index (χ2v) is 7.22. The fourth-order valence-electron chi connectivity index (χ4n) is 4.00. The summed E-state index contributed by atoms with van der Waals surface area (Å²) >= 11 is 0. The lowest BCUT2D eigenvalue weighted by molar-refractivity contribution is -0.133. The normalized spacial score (nSPS) is 17.9. The molecule has 4 rings (SSSR count). The predicted octanol–water partition coefficient (Wildman–Crippen LogP) is 2.85. The summed E-state index contributed by atoms with van der Waals surface area (Å²) in [6.45, 7) is 3.20. The Morgan fingerprint density at radius 3 is 2.76 bits per heavy atom. The van der Waals surface area contributed by atoms with Crippen molar-refractivity contribution in [3.8, 4) is 11.6 Å². The second kappa shape index (κ2) is 6.61.